The molecular formula is C24H24. The number of hydrogen-bond donors (Lipinski definition) is 0. The Morgan fingerprint density at radius 2 is 0.917 bits per heavy atom. The summed E-state index contributed by atoms with van der Waals surface area (Å²) in [6.07, 6.45) is 6.40. The molecular weight excluding hydrogens is 288 g/mol. The first-order valence-corrected chi connectivity index (χ1v) is 8.46. The highest BCUT2D eigenvalue weighted by Gasteiger charge is 2.11. The Labute approximate surface area is 145 Å². The highest BCUT2D eigenvalue weighted by molar-refractivity contribution is 5.78. The molecule has 0 saturated carbocycles. The van der Waals surface area contributed by atoms with Crippen molar-refractivity contribution in [3.63, 3.8) is 0 Å². The Morgan fingerprint density at radius 1 is 0.583 bits per heavy atom. The molecule has 0 aliphatic heterocycles. The predicted octanol–water partition coefficient (Wildman–Crippen LogP) is 6.68. The van der Waals surface area contributed by atoms with Crippen molar-refractivity contribution < 1.29 is 0 Å². The Kier molecular flexibility index (Phi) is 4.66. The maximum Gasteiger partial charge on any atom is -0.0224 e. The summed E-state index contributed by atoms with van der Waals surface area (Å²) in [6, 6.07) is 17.5. The number of aryl methyl sites for hydroxylation is 2. The van der Waals surface area contributed by atoms with Crippen LogP contribution in [-0.4, -0.2) is 0 Å². The molecule has 0 radical (unpaired) electrons. The molecule has 1 aliphatic carbocycles. The van der Waals surface area contributed by atoms with E-state index < -0.39 is 0 Å². The molecule has 0 nitrogen and oxygen atoms in total. The molecule has 0 N–H and O–H groups in total. The minimum Gasteiger partial charge on any atom is -0.0912 e. The molecule has 0 aromatic heterocycles. The molecule has 0 fully saturated rings. The van der Waals surface area contributed by atoms with E-state index in [4.69, 9.17) is 0 Å². The molecule has 0 spiro atoms. The zero-order chi connectivity index (χ0) is 17.1. The highest BCUT2D eigenvalue weighted by atomic mass is 14.2. The van der Waals surface area contributed by atoms with Gasteiger partial charge in [0.05, 0.1) is 0 Å². The van der Waals surface area contributed by atoms with Crippen LogP contribution in [0.3, 0.4) is 0 Å². The molecule has 3 rings (SSSR count). The van der Waals surface area contributed by atoms with Crippen LogP contribution in [0.2, 0.25) is 0 Å². The van der Waals surface area contributed by atoms with E-state index in [1.54, 1.807) is 0 Å². The molecule has 0 heteroatoms. The van der Waals surface area contributed by atoms with Gasteiger partial charge in [0, 0.05) is 0 Å². The second-order valence-corrected chi connectivity index (χ2v) is 6.62. The summed E-state index contributed by atoms with van der Waals surface area (Å²) in [4.78, 5) is 0. The topological polar surface area (TPSA) is 0 Å². The van der Waals surface area contributed by atoms with Gasteiger partial charge in [-0.1, -0.05) is 85.0 Å². The minimum absolute atomic E-state index is 0.995. The lowest BCUT2D eigenvalue weighted by molar-refractivity contribution is 1.08. The van der Waals surface area contributed by atoms with E-state index in [-0.39, 0.29) is 0 Å². The number of hydrogen-bond acceptors (Lipinski definition) is 0. The van der Waals surface area contributed by atoms with E-state index in [0.29, 0.717) is 0 Å². The van der Waals surface area contributed by atoms with Gasteiger partial charge in [-0.3, -0.25) is 0 Å². The second-order valence-electron chi connectivity index (χ2n) is 6.62. The van der Waals surface area contributed by atoms with Crippen LogP contribution in [0.4, 0.5) is 0 Å². The molecule has 120 valence electrons. The van der Waals surface area contributed by atoms with Gasteiger partial charge >= 0.3 is 0 Å². The molecule has 0 saturated heterocycles. The van der Waals surface area contributed by atoms with E-state index in [1.807, 2.05) is 0 Å². The van der Waals surface area contributed by atoms with Crippen molar-refractivity contribution in [3.8, 4) is 0 Å². The second kappa shape index (κ2) is 6.88. The van der Waals surface area contributed by atoms with Crippen LogP contribution in [0, 0.1) is 13.8 Å². The van der Waals surface area contributed by atoms with Crippen molar-refractivity contribution in [2.75, 3.05) is 0 Å². The lowest BCUT2D eigenvalue weighted by Gasteiger charge is -2.17. The minimum atomic E-state index is 0.995. The summed E-state index contributed by atoms with van der Waals surface area (Å²) in [5, 5.41) is 0. The third-order valence-corrected chi connectivity index (χ3v) is 4.62. The fourth-order valence-corrected chi connectivity index (χ4v) is 3.01. The van der Waals surface area contributed by atoms with Crippen molar-refractivity contribution in [1.29, 1.82) is 0 Å². The van der Waals surface area contributed by atoms with Crippen molar-refractivity contribution >= 4 is 11.1 Å². The van der Waals surface area contributed by atoms with Crippen LogP contribution in [0.1, 0.15) is 35.1 Å². The van der Waals surface area contributed by atoms with Crippen molar-refractivity contribution in [3.05, 3.63) is 107 Å². The van der Waals surface area contributed by atoms with Gasteiger partial charge in [-0.2, -0.15) is 0 Å². The molecule has 0 bridgehead atoms. The molecule has 1 aliphatic rings. The van der Waals surface area contributed by atoms with Crippen LogP contribution in [0.5, 0.6) is 0 Å². The molecule has 2 aromatic carbocycles. The summed E-state index contributed by atoms with van der Waals surface area (Å²) >= 11 is 0. The van der Waals surface area contributed by atoms with Crippen LogP contribution in [0.25, 0.3) is 11.1 Å². The summed E-state index contributed by atoms with van der Waals surface area (Å²) in [5.41, 5.74) is 9.78. The van der Waals surface area contributed by atoms with E-state index in [1.165, 1.54) is 33.4 Å². The summed E-state index contributed by atoms with van der Waals surface area (Å²) in [7, 11) is 0. The first-order valence-electron chi connectivity index (χ1n) is 8.46. The predicted molar refractivity (Wildman–Crippen MR) is 106 cm³/mol. The van der Waals surface area contributed by atoms with Gasteiger partial charge < -0.3 is 0 Å². The van der Waals surface area contributed by atoms with Gasteiger partial charge in [0.2, 0.25) is 0 Å². The van der Waals surface area contributed by atoms with E-state index >= 15 is 0 Å². The maximum atomic E-state index is 4.21. The van der Waals surface area contributed by atoms with Gasteiger partial charge in [0.1, 0.15) is 0 Å². The van der Waals surface area contributed by atoms with E-state index in [9.17, 15) is 0 Å². The number of rotatable bonds is 2. The lowest BCUT2D eigenvalue weighted by atomic mass is 9.88. The van der Waals surface area contributed by atoms with Crippen LogP contribution in [0.15, 0.2) is 85.0 Å². The average Bonchev–Trinajstić information content (AvgIpc) is 2.57. The maximum absolute atomic E-state index is 4.21. The van der Waals surface area contributed by atoms with Gasteiger partial charge in [-0.05, 0) is 60.1 Å². The van der Waals surface area contributed by atoms with E-state index in [2.05, 4.69) is 87.7 Å². The zero-order valence-electron chi connectivity index (χ0n) is 14.6. The Balaban J connectivity index is 1.93. The van der Waals surface area contributed by atoms with Crippen molar-refractivity contribution in [2.45, 2.75) is 26.7 Å². The monoisotopic (exact) mass is 312 g/mol. The van der Waals surface area contributed by atoms with Crippen molar-refractivity contribution in [1.82, 2.24) is 0 Å². The van der Waals surface area contributed by atoms with Crippen LogP contribution < -0.4 is 0 Å². The normalized spacial score (nSPS) is 19.8. The molecule has 0 heterocycles. The standard InChI is InChI=1S/C24H24/c1-17-5-9-21(10-6-17)23-13-14-24(16-20(4)19(3)15-23)22-11-7-18(2)8-12-22/h5-12,15-16H,3-4,13-14H2,1-2H3/b23-15+,24-16+. The first-order chi connectivity index (χ1) is 11.5. The van der Waals surface area contributed by atoms with Crippen molar-refractivity contribution in [2.24, 2.45) is 0 Å². The third kappa shape index (κ3) is 3.65. The molecule has 0 unspecified atom stereocenters. The Morgan fingerprint density at radius 3 is 1.25 bits per heavy atom. The SMILES string of the molecule is C=C1/C=C(/c2ccc(C)cc2)CC/C(c2ccc(C)cc2)=C\C1=C. The molecule has 0 atom stereocenters. The lowest BCUT2D eigenvalue weighted by Crippen LogP contribution is -1.96. The van der Waals surface area contributed by atoms with Gasteiger partial charge in [0.15, 0.2) is 0 Å². The molecule has 2 aromatic rings. The number of allylic oxidation sites excluding steroid dienone is 6. The van der Waals surface area contributed by atoms with Gasteiger partial charge in [-0.25, -0.2) is 0 Å². The smallest absolute Gasteiger partial charge is 0.0224 e. The average molecular weight is 312 g/mol. The first kappa shape index (κ1) is 16.3. The van der Waals surface area contributed by atoms with Gasteiger partial charge in [0.25, 0.3) is 0 Å². The summed E-state index contributed by atoms with van der Waals surface area (Å²) in [6.45, 7) is 12.7. The highest BCUT2D eigenvalue weighted by Crippen LogP contribution is 2.33. The zero-order valence-corrected chi connectivity index (χ0v) is 14.6. The summed E-state index contributed by atoms with van der Waals surface area (Å²) < 4.78 is 0. The Hall–Kier alpha value is -2.60. The molecule has 24 heavy (non-hydrogen) atoms. The number of benzene rings is 2. The largest absolute Gasteiger partial charge is 0.0912 e. The fraction of sp³-hybridized carbons (Fsp3) is 0.167. The Bertz CT molecular complexity index is 751. The van der Waals surface area contributed by atoms with Crippen LogP contribution in [-0.2, 0) is 0 Å². The summed E-state index contributed by atoms with van der Waals surface area (Å²) in [5.74, 6) is 0. The quantitative estimate of drug-likeness (QED) is 0.580. The van der Waals surface area contributed by atoms with Crippen LogP contribution >= 0.6 is 0 Å². The fourth-order valence-electron chi connectivity index (χ4n) is 3.01. The van der Waals surface area contributed by atoms with Gasteiger partial charge in [-0.15, -0.1) is 0 Å². The third-order valence-electron chi connectivity index (χ3n) is 4.62. The van der Waals surface area contributed by atoms with E-state index in [0.717, 1.165) is 24.0 Å². The molecule has 0 amide bonds.